The summed E-state index contributed by atoms with van der Waals surface area (Å²) >= 11 is 0. The Morgan fingerprint density at radius 1 is 0.292 bits per heavy atom. The van der Waals surface area contributed by atoms with Crippen molar-refractivity contribution >= 4 is 17.9 Å². The zero-order valence-corrected chi connectivity index (χ0v) is 46.9. The molecule has 6 nitrogen and oxygen atoms in total. The Morgan fingerprint density at radius 2 is 0.542 bits per heavy atom. The van der Waals surface area contributed by atoms with Gasteiger partial charge >= 0.3 is 17.9 Å². The van der Waals surface area contributed by atoms with Gasteiger partial charge in [0.15, 0.2) is 6.10 Å². The minimum absolute atomic E-state index is 0.106. The Balaban J connectivity index is 4.51. The van der Waals surface area contributed by atoms with Crippen molar-refractivity contribution in [1.29, 1.82) is 0 Å². The standard InChI is InChI=1S/C66H110O6/c1-4-7-10-13-16-19-22-25-28-31-33-35-38-41-44-47-50-53-56-59-65(68)71-62-63(61-70-64(67)58-55-52-49-46-43-40-37-30-27-24-21-18-15-12-9-6-3)72-66(69)60-57-54-51-48-45-42-39-36-34-32-29-26-23-20-17-14-11-8-5-2/h7,10,13,16,19,22,25,28,30-31,33,35,37-38,40-41,43-44,63H,4-6,8-9,11-12,14-15,17-18,20-21,23-24,26-27,29,32,34,36,39,42,45-62H2,1-3H3/b10-7-,16-13-,22-19-,28-25-,33-31+,37-30-,38-35-,43-40-,44-41-. The van der Waals surface area contributed by atoms with E-state index in [1.165, 1.54) is 148 Å². The number of rotatable bonds is 53. The second-order valence-electron chi connectivity index (χ2n) is 19.7. The van der Waals surface area contributed by atoms with Crippen molar-refractivity contribution in [2.75, 3.05) is 13.2 Å². The summed E-state index contributed by atoms with van der Waals surface area (Å²) in [7, 11) is 0. The zero-order chi connectivity index (χ0) is 52.2. The Hall–Kier alpha value is -3.93. The number of hydrogen-bond donors (Lipinski definition) is 0. The Bertz CT molecular complexity index is 1470. The van der Waals surface area contributed by atoms with Crippen LogP contribution in [0.25, 0.3) is 0 Å². The van der Waals surface area contributed by atoms with Crippen LogP contribution in [0.5, 0.6) is 0 Å². The molecule has 0 aliphatic rings. The zero-order valence-electron chi connectivity index (χ0n) is 46.9. The summed E-state index contributed by atoms with van der Waals surface area (Å²) in [5, 5.41) is 0. The molecule has 1 atom stereocenters. The molecule has 0 saturated heterocycles. The van der Waals surface area contributed by atoms with E-state index in [0.29, 0.717) is 19.3 Å². The van der Waals surface area contributed by atoms with E-state index in [4.69, 9.17) is 14.2 Å². The lowest BCUT2D eigenvalue weighted by molar-refractivity contribution is -0.167. The minimum atomic E-state index is -0.809. The number of esters is 3. The summed E-state index contributed by atoms with van der Waals surface area (Å²) in [5.74, 6) is -0.969. The highest BCUT2D eigenvalue weighted by atomic mass is 16.6. The topological polar surface area (TPSA) is 78.9 Å². The molecule has 0 bridgehead atoms. The molecule has 72 heavy (non-hydrogen) atoms. The van der Waals surface area contributed by atoms with Gasteiger partial charge in [-0.25, -0.2) is 0 Å². The first kappa shape index (κ1) is 68.1. The molecule has 0 spiro atoms. The summed E-state index contributed by atoms with van der Waals surface area (Å²) < 4.78 is 16.8. The van der Waals surface area contributed by atoms with E-state index in [-0.39, 0.29) is 31.1 Å². The molecule has 6 heteroatoms. The van der Waals surface area contributed by atoms with E-state index >= 15 is 0 Å². The van der Waals surface area contributed by atoms with Gasteiger partial charge in [-0.15, -0.1) is 0 Å². The lowest BCUT2D eigenvalue weighted by Gasteiger charge is -2.18. The van der Waals surface area contributed by atoms with Gasteiger partial charge in [-0.2, -0.15) is 0 Å². The highest BCUT2D eigenvalue weighted by Gasteiger charge is 2.19. The Morgan fingerprint density at radius 3 is 0.875 bits per heavy atom. The number of allylic oxidation sites excluding steroid dienone is 18. The molecule has 0 aromatic carbocycles. The van der Waals surface area contributed by atoms with Crippen molar-refractivity contribution < 1.29 is 28.6 Å². The smallest absolute Gasteiger partial charge is 0.306 e. The third kappa shape index (κ3) is 57.0. The van der Waals surface area contributed by atoms with Crippen molar-refractivity contribution in [3.8, 4) is 0 Å². The van der Waals surface area contributed by atoms with Gasteiger partial charge in [-0.05, 0) is 64.2 Å². The predicted molar refractivity (Wildman–Crippen MR) is 311 cm³/mol. The van der Waals surface area contributed by atoms with Gasteiger partial charge in [-0.3, -0.25) is 14.4 Å². The van der Waals surface area contributed by atoms with E-state index in [9.17, 15) is 14.4 Å². The largest absolute Gasteiger partial charge is 0.462 e. The molecule has 410 valence electrons. The molecule has 0 aromatic rings. The molecule has 0 aliphatic heterocycles. The average molecular weight is 1000 g/mol. The monoisotopic (exact) mass is 999 g/mol. The van der Waals surface area contributed by atoms with E-state index in [2.05, 4.69) is 57.2 Å². The summed E-state index contributed by atoms with van der Waals surface area (Å²) in [6.07, 6.45) is 80.8. The molecule has 0 fully saturated rings. The van der Waals surface area contributed by atoms with Crippen LogP contribution in [-0.2, 0) is 28.6 Å². The van der Waals surface area contributed by atoms with Crippen molar-refractivity contribution in [1.82, 2.24) is 0 Å². The highest BCUT2D eigenvalue weighted by molar-refractivity contribution is 5.71. The van der Waals surface area contributed by atoms with Gasteiger partial charge in [0.2, 0.25) is 0 Å². The molecule has 1 unspecified atom stereocenters. The Kier molecular flexibility index (Phi) is 56.4. The first-order valence-corrected chi connectivity index (χ1v) is 30.0. The third-order valence-corrected chi connectivity index (χ3v) is 12.7. The van der Waals surface area contributed by atoms with Crippen molar-refractivity contribution in [3.05, 3.63) is 109 Å². The van der Waals surface area contributed by atoms with Crippen molar-refractivity contribution in [2.45, 2.75) is 277 Å². The Labute approximate surface area is 444 Å². The molecule has 0 rings (SSSR count). The van der Waals surface area contributed by atoms with E-state index in [0.717, 1.165) is 83.5 Å². The predicted octanol–water partition coefficient (Wildman–Crippen LogP) is 20.3. The molecule has 0 heterocycles. The summed E-state index contributed by atoms with van der Waals surface area (Å²) in [5.41, 5.74) is 0. The van der Waals surface area contributed by atoms with Gasteiger partial charge in [0.1, 0.15) is 13.2 Å². The second kappa shape index (κ2) is 59.6. The molecular weight excluding hydrogens is 889 g/mol. The molecule has 0 amide bonds. The van der Waals surface area contributed by atoms with Crippen LogP contribution < -0.4 is 0 Å². The minimum Gasteiger partial charge on any atom is -0.462 e. The van der Waals surface area contributed by atoms with E-state index in [1.807, 2.05) is 72.9 Å². The van der Waals surface area contributed by atoms with Crippen molar-refractivity contribution in [3.63, 3.8) is 0 Å². The SMILES string of the molecule is CC\C=C/C=C\C=C/C=C\C=C\C=C/C=C\CCCCCC(=O)OCC(COC(=O)CCCCC/C=C\C=C/CCCCCCCCC)OC(=O)CCCCCCCCCCCCCCCCCCCCC. The number of hydrogen-bond acceptors (Lipinski definition) is 6. The molecule has 0 aromatic heterocycles. The van der Waals surface area contributed by atoms with Gasteiger partial charge in [0.25, 0.3) is 0 Å². The average Bonchev–Trinajstić information content (AvgIpc) is 3.38. The van der Waals surface area contributed by atoms with Crippen LogP contribution in [0.3, 0.4) is 0 Å². The lowest BCUT2D eigenvalue weighted by Crippen LogP contribution is -2.30. The molecule has 0 radical (unpaired) electrons. The summed E-state index contributed by atoms with van der Waals surface area (Å²) in [6.45, 7) is 6.45. The van der Waals surface area contributed by atoms with E-state index in [1.54, 1.807) is 0 Å². The molecular formula is C66H110O6. The number of carbonyl (C=O) groups excluding carboxylic acids is 3. The maximum Gasteiger partial charge on any atom is 0.306 e. The highest BCUT2D eigenvalue weighted by Crippen LogP contribution is 2.16. The molecule has 0 aliphatic carbocycles. The molecule has 0 saturated carbocycles. The third-order valence-electron chi connectivity index (χ3n) is 12.7. The van der Waals surface area contributed by atoms with Gasteiger partial charge in [-0.1, -0.05) is 297 Å². The van der Waals surface area contributed by atoms with Crippen LogP contribution in [0.4, 0.5) is 0 Å². The fraction of sp³-hybridized carbons (Fsp3) is 0.682. The van der Waals surface area contributed by atoms with Crippen LogP contribution in [0.2, 0.25) is 0 Å². The maximum atomic E-state index is 12.9. The van der Waals surface area contributed by atoms with Crippen LogP contribution in [-0.4, -0.2) is 37.2 Å². The summed E-state index contributed by atoms with van der Waals surface area (Å²) in [4.78, 5) is 38.2. The summed E-state index contributed by atoms with van der Waals surface area (Å²) in [6, 6.07) is 0. The van der Waals surface area contributed by atoms with E-state index < -0.39 is 6.10 Å². The quantitative estimate of drug-likeness (QED) is 0.0261. The van der Waals surface area contributed by atoms with Crippen LogP contribution in [0.15, 0.2) is 109 Å². The first-order valence-electron chi connectivity index (χ1n) is 30.0. The number of carbonyl (C=O) groups is 3. The fourth-order valence-electron chi connectivity index (χ4n) is 8.24. The number of unbranched alkanes of at least 4 members (excludes halogenated alkanes) is 31. The first-order chi connectivity index (χ1) is 35.5. The second-order valence-corrected chi connectivity index (χ2v) is 19.7. The maximum absolute atomic E-state index is 12.9. The van der Waals surface area contributed by atoms with Crippen LogP contribution in [0.1, 0.15) is 271 Å². The van der Waals surface area contributed by atoms with Crippen LogP contribution >= 0.6 is 0 Å². The van der Waals surface area contributed by atoms with Gasteiger partial charge < -0.3 is 14.2 Å². The van der Waals surface area contributed by atoms with Gasteiger partial charge in [0, 0.05) is 19.3 Å². The van der Waals surface area contributed by atoms with Gasteiger partial charge in [0.05, 0.1) is 0 Å². The number of ether oxygens (including phenoxy) is 3. The lowest BCUT2D eigenvalue weighted by atomic mass is 10.0. The molecule has 0 N–H and O–H groups in total. The van der Waals surface area contributed by atoms with Crippen molar-refractivity contribution in [2.24, 2.45) is 0 Å². The normalized spacial score (nSPS) is 12.9. The van der Waals surface area contributed by atoms with Crippen LogP contribution in [0, 0.1) is 0 Å². The fourth-order valence-corrected chi connectivity index (χ4v) is 8.24.